The van der Waals surface area contributed by atoms with Gasteiger partial charge in [0.25, 0.3) is 5.89 Å². The number of aromatic nitrogens is 2. The van der Waals surface area contributed by atoms with Gasteiger partial charge in [0, 0.05) is 18.6 Å². The lowest BCUT2D eigenvalue weighted by Crippen LogP contribution is -2.48. The van der Waals surface area contributed by atoms with E-state index >= 15 is 0 Å². The summed E-state index contributed by atoms with van der Waals surface area (Å²) in [6.45, 7) is 7.22. The van der Waals surface area contributed by atoms with E-state index < -0.39 is 6.10 Å². The monoisotopic (exact) mass is 375 g/mol. The molecule has 3 rings (SSSR count). The summed E-state index contributed by atoms with van der Waals surface area (Å²) in [5, 5.41) is 14.2. The average Bonchev–Trinajstić information content (AvgIpc) is 3.07. The molecule has 3 atom stereocenters. The zero-order valence-electron chi connectivity index (χ0n) is 16.3. The lowest BCUT2D eigenvalue weighted by molar-refractivity contribution is 0.0202. The Labute approximate surface area is 160 Å². The van der Waals surface area contributed by atoms with Crippen LogP contribution in [0, 0.1) is 6.92 Å². The number of benzene rings is 1. The smallest absolute Gasteiger partial charge is 0.264 e. The van der Waals surface area contributed by atoms with Gasteiger partial charge in [-0.05, 0) is 45.7 Å². The predicted molar refractivity (Wildman–Crippen MR) is 101 cm³/mol. The number of aliphatic hydroxyl groups excluding tert-OH is 1. The number of aliphatic hydroxyl groups is 1. The van der Waals surface area contributed by atoms with Crippen LogP contribution in [-0.2, 0) is 6.61 Å². The van der Waals surface area contributed by atoms with E-state index in [2.05, 4.69) is 28.9 Å². The minimum absolute atomic E-state index is 0.173. The fraction of sp³-hybridized carbons (Fsp3) is 0.600. The van der Waals surface area contributed by atoms with Crippen LogP contribution in [0.25, 0.3) is 0 Å². The topological polar surface area (TPSA) is 80.9 Å². The van der Waals surface area contributed by atoms with Crippen LogP contribution in [-0.4, -0.2) is 51.5 Å². The maximum absolute atomic E-state index is 10.5. The molecule has 2 aromatic rings. The second-order valence-corrected chi connectivity index (χ2v) is 7.26. The van der Waals surface area contributed by atoms with Gasteiger partial charge in [-0.2, -0.15) is 4.98 Å². The number of nitrogens with zero attached hydrogens (tertiary/aromatic N) is 3. The van der Waals surface area contributed by atoms with Crippen molar-refractivity contribution in [3.63, 3.8) is 0 Å². The van der Waals surface area contributed by atoms with Crippen molar-refractivity contribution in [3.05, 3.63) is 36.0 Å². The Bertz CT molecular complexity index is 711. The third kappa shape index (κ3) is 5.43. The molecular formula is C20H29N3O4. The fourth-order valence-corrected chi connectivity index (χ4v) is 3.54. The molecule has 1 saturated heterocycles. The molecule has 1 aromatic carbocycles. The highest BCUT2D eigenvalue weighted by Crippen LogP contribution is 2.28. The lowest BCUT2D eigenvalue weighted by Gasteiger charge is -2.40. The second-order valence-electron chi connectivity index (χ2n) is 7.26. The Balaban J connectivity index is 1.52. The molecule has 0 saturated carbocycles. The molecule has 0 radical (unpaired) electrons. The molecule has 7 heteroatoms. The molecule has 3 unspecified atom stereocenters. The predicted octanol–water partition coefficient (Wildman–Crippen LogP) is 2.96. The summed E-state index contributed by atoms with van der Waals surface area (Å²) in [4.78, 5) is 6.49. The first-order valence-electron chi connectivity index (χ1n) is 9.60. The van der Waals surface area contributed by atoms with Gasteiger partial charge in [-0.15, -0.1) is 0 Å². The van der Waals surface area contributed by atoms with Crippen LogP contribution in [0.2, 0.25) is 0 Å². The van der Waals surface area contributed by atoms with E-state index in [1.165, 1.54) is 19.3 Å². The van der Waals surface area contributed by atoms with Crippen molar-refractivity contribution >= 4 is 0 Å². The first-order valence-corrected chi connectivity index (χ1v) is 9.60. The summed E-state index contributed by atoms with van der Waals surface area (Å²) in [6, 6.07) is 8.39. The van der Waals surface area contributed by atoms with E-state index in [4.69, 9.17) is 14.0 Å². The van der Waals surface area contributed by atoms with Gasteiger partial charge >= 0.3 is 0 Å². The van der Waals surface area contributed by atoms with Crippen molar-refractivity contribution in [2.45, 2.75) is 64.8 Å². The zero-order chi connectivity index (χ0) is 19.2. The summed E-state index contributed by atoms with van der Waals surface area (Å²) >= 11 is 0. The zero-order valence-corrected chi connectivity index (χ0v) is 16.3. The fourth-order valence-electron chi connectivity index (χ4n) is 3.54. The molecule has 1 aromatic heterocycles. The molecule has 7 nitrogen and oxygen atoms in total. The summed E-state index contributed by atoms with van der Waals surface area (Å²) in [5.74, 6) is 2.16. The SMILES string of the molecule is Cc1noc(COc2ccccc2OCC(O)CN2C(C)CCCC2C)n1. The van der Waals surface area contributed by atoms with Crippen LogP contribution in [0.3, 0.4) is 0 Å². The molecule has 1 aliphatic rings. The van der Waals surface area contributed by atoms with Crippen molar-refractivity contribution < 1.29 is 19.1 Å². The van der Waals surface area contributed by atoms with Crippen molar-refractivity contribution in [1.29, 1.82) is 0 Å². The highest BCUT2D eigenvalue weighted by atomic mass is 16.5. The summed E-state index contributed by atoms with van der Waals surface area (Å²) < 4.78 is 16.6. The Morgan fingerprint density at radius 1 is 1.19 bits per heavy atom. The second kappa shape index (κ2) is 9.19. The summed E-state index contributed by atoms with van der Waals surface area (Å²) in [5.41, 5.74) is 0. The van der Waals surface area contributed by atoms with Gasteiger partial charge in [-0.25, -0.2) is 0 Å². The number of hydrogen-bond acceptors (Lipinski definition) is 7. The highest BCUT2D eigenvalue weighted by Gasteiger charge is 2.26. The van der Waals surface area contributed by atoms with Gasteiger partial charge in [0.15, 0.2) is 23.9 Å². The molecule has 0 bridgehead atoms. The third-order valence-electron chi connectivity index (χ3n) is 5.00. The van der Waals surface area contributed by atoms with Crippen LogP contribution in [0.1, 0.15) is 44.8 Å². The molecule has 2 heterocycles. The standard InChI is InChI=1S/C20H29N3O4/c1-14-7-6-8-15(2)23(14)11-17(24)12-25-18-9-4-5-10-19(18)26-13-20-21-16(3)22-27-20/h4-5,9-10,14-15,17,24H,6-8,11-13H2,1-3H3. The minimum Gasteiger partial charge on any atom is -0.487 e. The van der Waals surface area contributed by atoms with Crippen molar-refractivity contribution in [2.24, 2.45) is 0 Å². The van der Waals surface area contributed by atoms with Gasteiger partial charge in [-0.3, -0.25) is 4.90 Å². The normalized spacial score (nSPS) is 21.8. The van der Waals surface area contributed by atoms with Gasteiger partial charge in [0.1, 0.15) is 12.7 Å². The number of para-hydroxylation sites is 2. The molecule has 1 fully saturated rings. The molecule has 1 aliphatic heterocycles. The Kier molecular flexibility index (Phi) is 6.68. The van der Waals surface area contributed by atoms with Crippen LogP contribution in [0.5, 0.6) is 11.5 Å². The Hall–Kier alpha value is -2.12. The van der Waals surface area contributed by atoms with Crippen molar-refractivity contribution in [3.8, 4) is 11.5 Å². The molecule has 0 aliphatic carbocycles. The van der Waals surface area contributed by atoms with E-state index in [1.807, 2.05) is 24.3 Å². The number of hydrogen-bond donors (Lipinski definition) is 1. The van der Waals surface area contributed by atoms with Crippen LogP contribution in [0.4, 0.5) is 0 Å². The molecule has 0 amide bonds. The number of likely N-dealkylation sites (tertiary alicyclic amines) is 1. The van der Waals surface area contributed by atoms with Crippen molar-refractivity contribution in [2.75, 3.05) is 13.2 Å². The number of β-amino-alcohol motifs (C(OH)–C–C–N with tert-alkyl or cyclic N) is 1. The van der Waals surface area contributed by atoms with Crippen LogP contribution in [0.15, 0.2) is 28.8 Å². The first kappa shape index (κ1) is 19.6. The lowest BCUT2D eigenvalue weighted by atomic mass is 9.97. The minimum atomic E-state index is -0.556. The summed E-state index contributed by atoms with van der Waals surface area (Å²) in [6.07, 6.45) is 3.07. The summed E-state index contributed by atoms with van der Waals surface area (Å²) in [7, 11) is 0. The molecule has 1 N–H and O–H groups in total. The Morgan fingerprint density at radius 2 is 1.85 bits per heavy atom. The Morgan fingerprint density at radius 3 is 2.48 bits per heavy atom. The van der Waals surface area contributed by atoms with Crippen LogP contribution < -0.4 is 9.47 Å². The van der Waals surface area contributed by atoms with Crippen LogP contribution >= 0.6 is 0 Å². The average molecular weight is 375 g/mol. The largest absolute Gasteiger partial charge is 0.487 e. The number of piperidine rings is 1. The molecule has 148 valence electrons. The third-order valence-corrected chi connectivity index (χ3v) is 5.00. The molecule has 0 spiro atoms. The number of rotatable bonds is 8. The van der Waals surface area contributed by atoms with Gasteiger partial charge in [0.05, 0.1) is 0 Å². The van der Waals surface area contributed by atoms with Gasteiger partial charge in [0.2, 0.25) is 0 Å². The number of aryl methyl sites for hydroxylation is 1. The number of ether oxygens (including phenoxy) is 2. The molecule has 27 heavy (non-hydrogen) atoms. The maximum atomic E-state index is 10.5. The van der Waals surface area contributed by atoms with E-state index in [0.29, 0.717) is 41.8 Å². The van der Waals surface area contributed by atoms with E-state index in [1.54, 1.807) is 6.92 Å². The highest BCUT2D eigenvalue weighted by molar-refractivity contribution is 5.39. The quantitative estimate of drug-likeness (QED) is 0.760. The molecular weight excluding hydrogens is 346 g/mol. The van der Waals surface area contributed by atoms with Crippen molar-refractivity contribution in [1.82, 2.24) is 15.0 Å². The van der Waals surface area contributed by atoms with E-state index in [0.717, 1.165) is 0 Å². The van der Waals surface area contributed by atoms with E-state index in [-0.39, 0.29) is 13.2 Å². The first-order chi connectivity index (χ1) is 13.0. The maximum Gasteiger partial charge on any atom is 0.264 e. The van der Waals surface area contributed by atoms with Gasteiger partial charge < -0.3 is 19.1 Å². The van der Waals surface area contributed by atoms with E-state index in [9.17, 15) is 5.11 Å². The van der Waals surface area contributed by atoms with Gasteiger partial charge in [-0.1, -0.05) is 23.7 Å².